The van der Waals surface area contributed by atoms with Gasteiger partial charge in [-0.05, 0) is 50.1 Å². The summed E-state index contributed by atoms with van der Waals surface area (Å²) in [4.78, 5) is 29.4. The van der Waals surface area contributed by atoms with Gasteiger partial charge in [0.1, 0.15) is 6.54 Å². The fourth-order valence-corrected chi connectivity index (χ4v) is 4.18. The number of nitrogens with zero attached hydrogens (tertiary/aromatic N) is 2. The second-order valence-electron chi connectivity index (χ2n) is 6.30. The fourth-order valence-electron chi connectivity index (χ4n) is 2.94. The standard InChI is InChI=1S/C20H19ClN2O3S/c1-11-5-6-14(12(2)9-11)19(25)22-20-23(10-17(24)26-4)18-13(3)15(21)7-8-16(18)27-20/h5-9H,10H2,1-4H3. The second-order valence-corrected chi connectivity index (χ2v) is 7.72. The number of carbonyl (C=O) groups excluding carboxylic acids is 2. The number of aryl methyl sites for hydroxylation is 3. The molecule has 0 atom stereocenters. The van der Waals surface area contributed by atoms with Crippen LogP contribution in [0.1, 0.15) is 27.0 Å². The first-order chi connectivity index (χ1) is 12.8. The van der Waals surface area contributed by atoms with Crippen molar-refractivity contribution >= 4 is 45.0 Å². The van der Waals surface area contributed by atoms with Crippen LogP contribution in [-0.4, -0.2) is 23.6 Å². The molecule has 0 spiro atoms. The molecule has 0 aliphatic rings. The Bertz CT molecular complexity index is 1130. The average Bonchev–Trinajstić information content (AvgIpc) is 2.95. The number of amides is 1. The maximum Gasteiger partial charge on any atom is 0.325 e. The Kier molecular flexibility index (Phi) is 5.48. The molecule has 7 heteroatoms. The Balaban J connectivity index is 2.22. The van der Waals surface area contributed by atoms with Crippen LogP contribution in [-0.2, 0) is 16.1 Å². The van der Waals surface area contributed by atoms with Crippen molar-refractivity contribution in [2.75, 3.05) is 7.11 Å². The number of benzene rings is 2. The number of aromatic nitrogens is 1. The summed E-state index contributed by atoms with van der Waals surface area (Å²) in [6.07, 6.45) is 0. The van der Waals surface area contributed by atoms with E-state index in [-0.39, 0.29) is 12.5 Å². The van der Waals surface area contributed by atoms with Gasteiger partial charge in [0.15, 0.2) is 4.80 Å². The lowest BCUT2D eigenvalue weighted by atomic mass is 10.1. The van der Waals surface area contributed by atoms with E-state index in [0.717, 1.165) is 26.9 Å². The van der Waals surface area contributed by atoms with Gasteiger partial charge >= 0.3 is 5.97 Å². The van der Waals surface area contributed by atoms with Crippen molar-refractivity contribution in [3.05, 3.63) is 62.4 Å². The van der Waals surface area contributed by atoms with Crippen molar-refractivity contribution in [2.24, 2.45) is 4.99 Å². The molecule has 0 unspecified atom stereocenters. The van der Waals surface area contributed by atoms with E-state index >= 15 is 0 Å². The van der Waals surface area contributed by atoms with Gasteiger partial charge in [0.25, 0.3) is 5.91 Å². The first-order valence-electron chi connectivity index (χ1n) is 8.33. The molecule has 0 radical (unpaired) electrons. The lowest BCUT2D eigenvalue weighted by Crippen LogP contribution is -2.23. The lowest BCUT2D eigenvalue weighted by molar-refractivity contribution is -0.141. The van der Waals surface area contributed by atoms with E-state index in [9.17, 15) is 9.59 Å². The summed E-state index contributed by atoms with van der Waals surface area (Å²) in [5, 5.41) is 0.589. The first kappa shape index (κ1) is 19.3. The Morgan fingerprint density at radius 2 is 1.93 bits per heavy atom. The minimum Gasteiger partial charge on any atom is -0.468 e. The van der Waals surface area contributed by atoms with Gasteiger partial charge in [-0.15, -0.1) is 0 Å². The van der Waals surface area contributed by atoms with Gasteiger partial charge < -0.3 is 9.30 Å². The molecule has 0 saturated carbocycles. The van der Waals surface area contributed by atoms with Gasteiger partial charge in [0.05, 0.1) is 17.3 Å². The van der Waals surface area contributed by atoms with Gasteiger partial charge in [0.2, 0.25) is 0 Å². The van der Waals surface area contributed by atoms with Gasteiger partial charge in [-0.3, -0.25) is 9.59 Å². The molecule has 2 aromatic carbocycles. The quantitative estimate of drug-likeness (QED) is 0.617. The first-order valence-corrected chi connectivity index (χ1v) is 9.53. The summed E-state index contributed by atoms with van der Waals surface area (Å²) in [5.74, 6) is -0.768. The third-order valence-corrected chi connectivity index (χ3v) is 5.81. The maximum absolute atomic E-state index is 12.8. The van der Waals surface area contributed by atoms with Crippen molar-refractivity contribution in [3.63, 3.8) is 0 Å². The molecule has 3 rings (SSSR count). The van der Waals surface area contributed by atoms with E-state index < -0.39 is 5.97 Å². The number of ether oxygens (including phenoxy) is 1. The topological polar surface area (TPSA) is 60.7 Å². The highest BCUT2D eigenvalue weighted by Crippen LogP contribution is 2.27. The van der Waals surface area contributed by atoms with Crippen molar-refractivity contribution in [1.29, 1.82) is 0 Å². The van der Waals surface area contributed by atoms with E-state index in [4.69, 9.17) is 16.3 Å². The van der Waals surface area contributed by atoms with Crippen LogP contribution in [0, 0.1) is 20.8 Å². The minimum absolute atomic E-state index is 0.0450. The van der Waals surface area contributed by atoms with Crippen molar-refractivity contribution in [3.8, 4) is 0 Å². The Labute approximate surface area is 165 Å². The van der Waals surface area contributed by atoms with Gasteiger partial charge in [-0.1, -0.05) is 40.6 Å². The van der Waals surface area contributed by atoms with Gasteiger partial charge in [-0.25, -0.2) is 0 Å². The number of thiazole rings is 1. The van der Waals surface area contributed by atoms with Crippen molar-refractivity contribution in [2.45, 2.75) is 27.3 Å². The maximum atomic E-state index is 12.8. The Hall–Kier alpha value is -2.44. The SMILES string of the molecule is COC(=O)Cn1c(=NC(=O)c2ccc(C)cc2C)sc2ccc(Cl)c(C)c21. The summed E-state index contributed by atoms with van der Waals surface area (Å²) in [6.45, 7) is 5.69. The summed E-state index contributed by atoms with van der Waals surface area (Å²) < 4.78 is 7.39. The molecule has 0 fully saturated rings. The molecule has 27 heavy (non-hydrogen) atoms. The number of carbonyl (C=O) groups is 2. The van der Waals surface area contributed by atoms with Crippen LogP contribution < -0.4 is 4.80 Å². The largest absolute Gasteiger partial charge is 0.468 e. The molecule has 1 amide bonds. The molecule has 0 bridgehead atoms. The van der Waals surface area contributed by atoms with E-state index in [2.05, 4.69) is 4.99 Å². The number of hydrogen-bond donors (Lipinski definition) is 0. The number of halogens is 1. The molecule has 0 aliphatic carbocycles. The smallest absolute Gasteiger partial charge is 0.325 e. The molecule has 140 valence electrons. The Morgan fingerprint density at radius 1 is 1.19 bits per heavy atom. The zero-order chi connectivity index (χ0) is 19.7. The molecule has 3 aromatic rings. The Morgan fingerprint density at radius 3 is 2.59 bits per heavy atom. The molecule has 5 nitrogen and oxygen atoms in total. The lowest BCUT2D eigenvalue weighted by Gasteiger charge is -2.07. The van der Waals surface area contributed by atoms with Crippen molar-refractivity contribution in [1.82, 2.24) is 4.57 Å². The molecular weight excluding hydrogens is 384 g/mol. The van der Waals surface area contributed by atoms with Crippen LogP contribution in [0.25, 0.3) is 10.2 Å². The second kappa shape index (κ2) is 7.66. The summed E-state index contributed by atoms with van der Waals surface area (Å²) in [6, 6.07) is 9.27. The summed E-state index contributed by atoms with van der Waals surface area (Å²) in [5.41, 5.74) is 4.10. The zero-order valence-electron chi connectivity index (χ0n) is 15.5. The number of methoxy groups -OCH3 is 1. The molecule has 0 saturated heterocycles. The predicted octanol–water partition coefficient (Wildman–Crippen LogP) is 4.20. The summed E-state index contributed by atoms with van der Waals surface area (Å²) in [7, 11) is 1.33. The average molecular weight is 403 g/mol. The van der Waals surface area contributed by atoms with E-state index in [1.165, 1.54) is 18.4 Å². The number of hydrogen-bond acceptors (Lipinski definition) is 4. The third kappa shape index (κ3) is 3.82. The number of fused-ring (bicyclic) bond motifs is 1. The predicted molar refractivity (Wildman–Crippen MR) is 107 cm³/mol. The fraction of sp³-hybridized carbons (Fsp3) is 0.250. The summed E-state index contributed by atoms with van der Waals surface area (Å²) >= 11 is 7.59. The van der Waals surface area contributed by atoms with Crippen LogP contribution in [0.2, 0.25) is 5.02 Å². The van der Waals surface area contributed by atoms with Gasteiger partial charge in [0, 0.05) is 10.6 Å². The van der Waals surface area contributed by atoms with Crippen LogP contribution in [0.4, 0.5) is 0 Å². The van der Waals surface area contributed by atoms with Crippen LogP contribution in [0.15, 0.2) is 35.3 Å². The van der Waals surface area contributed by atoms with E-state index in [1.807, 2.05) is 39.0 Å². The number of esters is 1. The highest BCUT2D eigenvalue weighted by atomic mass is 35.5. The third-order valence-electron chi connectivity index (χ3n) is 4.35. The molecule has 0 N–H and O–H groups in total. The normalized spacial score (nSPS) is 11.8. The van der Waals surface area contributed by atoms with Crippen molar-refractivity contribution < 1.29 is 14.3 Å². The molecule has 0 aliphatic heterocycles. The molecule has 1 aromatic heterocycles. The molecule has 1 heterocycles. The molecular formula is C20H19ClN2O3S. The van der Waals surface area contributed by atoms with Crippen LogP contribution in [0.5, 0.6) is 0 Å². The van der Waals surface area contributed by atoms with E-state index in [1.54, 1.807) is 16.7 Å². The highest BCUT2D eigenvalue weighted by Gasteiger charge is 2.16. The minimum atomic E-state index is -0.422. The zero-order valence-corrected chi connectivity index (χ0v) is 17.1. The number of rotatable bonds is 3. The van der Waals surface area contributed by atoms with Crippen LogP contribution in [0.3, 0.4) is 0 Å². The van der Waals surface area contributed by atoms with Gasteiger partial charge in [-0.2, -0.15) is 4.99 Å². The monoisotopic (exact) mass is 402 g/mol. The van der Waals surface area contributed by atoms with E-state index in [0.29, 0.717) is 15.4 Å². The highest BCUT2D eigenvalue weighted by molar-refractivity contribution is 7.16. The van der Waals surface area contributed by atoms with Crippen LogP contribution >= 0.6 is 22.9 Å².